The molecule has 0 saturated heterocycles. The van der Waals surface area contributed by atoms with Crippen molar-refractivity contribution in [2.24, 2.45) is 5.41 Å². The van der Waals surface area contributed by atoms with Crippen molar-refractivity contribution in [2.75, 3.05) is 23.5 Å². The van der Waals surface area contributed by atoms with Crippen LogP contribution in [-0.4, -0.2) is 29.3 Å². The standard InChI is InChI=1S/C16H34OS/c1-7-9-12-18(6,13-10-8-2)14-11-15(17)16(3,4)5/h7-14H2,1-6H3. The van der Waals surface area contributed by atoms with Gasteiger partial charge in [-0.2, -0.15) is 0 Å². The molecule has 0 aliphatic carbocycles. The molecule has 0 unspecified atom stereocenters. The van der Waals surface area contributed by atoms with Crippen molar-refractivity contribution in [3.63, 3.8) is 0 Å². The first kappa shape index (κ1) is 18.0. The van der Waals surface area contributed by atoms with Crippen LogP contribution in [0.15, 0.2) is 0 Å². The van der Waals surface area contributed by atoms with Crippen LogP contribution in [0.25, 0.3) is 0 Å². The number of Topliss-reactive ketones (excluding diaryl/α,β-unsaturated/α-hetero) is 1. The fourth-order valence-corrected chi connectivity index (χ4v) is 5.27. The van der Waals surface area contributed by atoms with Gasteiger partial charge in [0.05, 0.1) is 0 Å². The number of unbranched alkanes of at least 4 members (excludes halogenated alkanes) is 2. The van der Waals surface area contributed by atoms with Gasteiger partial charge >= 0.3 is 0 Å². The van der Waals surface area contributed by atoms with Gasteiger partial charge in [-0.05, 0) is 36.4 Å². The fraction of sp³-hybridized carbons (Fsp3) is 0.938. The van der Waals surface area contributed by atoms with Crippen molar-refractivity contribution in [3.05, 3.63) is 0 Å². The van der Waals surface area contributed by atoms with Gasteiger partial charge in [0.15, 0.2) is 0 Å². The average molecular weight is 275 g/mol. The second kappa shape index (κ2) is 8.24. The van der Waals surface area contributed by atoms with Gasteiger partial charge in [0, 0.05) is 11.8 Å². The van der Waals surface area contributed by atoms with Gasteiger partial charge in [0.25, 0.3) is 0 Å². The Morgan fingerprint density at radius 2 is 1.39 bits per heavy atom. The SMILES string of the molecule is CCCCS(C)(CCCC)CCC(=O)C(C)(C)C. The summed E-state index contributed by atoms with van der Waals surface area (Å²) in [4.78, 5) is 12.1. The summed E-state index contributed by atoms with van der Waals surface area (Å²) in [5, 5.41) is 0. The molecule has 0 saturated carbocycles. The van der Waals surface area contributed by atoms with Crippen LogP contribution in [0.2, 0.25) is 0 Å². The Morgan fingerprint density at radius 1 is 0.944 bits per heavy atom. The maximum Gasteiger partial charge on any atom is 0.138 e. The van der Waals surface area contributed by atoms with Crippen LogP contribution < -0.4 is 0 Å². The highest BCUT2D eigenvalue weighted by Crippen LogP contribution is 2.46. The largest absolute Gasteiger partial charge is 0.299 e. The number of rotatable bonds is 9. The van der Waals surface area contributed by atoms with Gasteiger partial charge in [-0.1, -0.05) is 47.5 Å². The Morgan fingerprint density at radius 3 is 1.72 bits per heavy atom. The first-order valence-corrected chi connectivity index (χ1v) is 10.0. The molecular formula is C16H34OS. The third-order valence-electron chi connectivity index (χ3n) is 3.64. The third-order valence-corrected chi connectivity index (χ3v) is 7.38. The molecule has 0 atom stereocenters. The molecule has 0 bridgehead atoms. The molecule has 0 N–H and O–H groups in total. The zero-order chi connectivity index (χ0) is 14.2. The lowest BCUT2D eigenvalue weighted by atomic mass is 9.89. The predicted molar refractivity (Wildman–Crippen MR) is 87.0 cm³/mol. The molecule has 2 heteroatoms. The third kappa shape index (κ3) is 7.45. The van der Waals surface area contributed by atoms with Crippen molar-refractivity contribution < 1.29 is 4.79 Å². The Kier molecular flexibility index (Phi) is 8.25. The van der Waals surface area contributed by atoms with E-state index < -0.39 is 10.0 Å². The van der Waals surface area contributed by atoms with Crippen molar-refractivity contribution in [1.29, 1.82) is 0 Å². The average Bonchev–Trinajstić information content (AvgIpc) is 2.30. The maximum absolute atomic E-state index is 12.1. The zero-order valence-electron chi connectivity index (χ0n) is 13.5. The van der Waals surface area contributed by atoms with E-state index >= 15 is 0 Å². The lowest BCUT2D eigenvalue weighted by molar-refractivity contribution is -0.125. The molecule has 0 rings (SSSR count). The molecule has 0 fully saturated rings. The minimum absolute atomic E-state index is 0.157. The van der Waals surface area contributed by atoms with E-state index in [4.69, 9.17) is 0 Å². The second-order valence-electron chi connectivity index (χ2n) is 6.72. The molecule has 0 aliphatic rings. The van der Waals surface area contributed by atoms with Crippen molar-refractivity contribution in [3.8, 4) is 0 Å². The van der Waals surface area contributed by atoms with Crippen molar-refractivity contribution >= 4 is 15.8 Å². The van der Waals surface area contributed by atoms with Crippen LogP contribution in [0.1, 0.15) is 66.7 Å². The quantitative estimate of drug-likeness (QED) is 0.576. The van der Waals surface area contributed by atoms with Crippen molar-refractivity contribution in [1.82, 2.24) is 0 Å². The number of hydrogen-bond acceptors (Lipinski definition) is 1. The highest BCUT2D eigenvalue weighted by molar-refractivity contribution is 8.33. The van der Waals surface area contributed by atoms with Crippen molar-refractivity contribution in [2.45, 2.75) is 66.7 Å². The molecule has 0 radical (unpaired) electrons. The van der Waals surface area contributed by atoms with Gasteiger partial charge in [-0.15, -0.1) is 0 Å². The first-order valence-electron chi connectivity index (χ1n) is 7.50. The Labute approximate surface area is 116 Å². The highest BCUT2D eigenvalue weighted by atomic mass is 32.3. The van der Waals surface area contributed by atoms with Crippen LogP contribution in [-0.2, 0) is 4.79 Å². The number of carbonyl (C=O) groups is 1. The van der Waals surface area contributed by atoms with E-state index in [0.29, 0.717) is 5.78 Å². The van der Waals surface area contributed by atoms with Crippen LogP contribution in [0.4, 0.5) is 0 Å². The van der Waals surface area contributed by atoms with Gasteiger partial charge in [-0.25, -0.2) is 10.0 Å². The minimum atomic E-state index is -0.540. The van der Waals surface area contributed by atoms with Gasteiger partial charge in [0.1, 0.15) is 5.78 Å². The van der Waals surface area contributed by atoms with E-state index in [1.54, 1.807) is 0 Å². The molecule has 110 valence electrons. The second-order valence-corrected chi connectivity index (χ2v) is 10.9. The fourth-order valence-electron chi connectivity index (χ4n) is 2.01. The number of hydrogen-bond donors (Lipinski definition) is 0. The molecule has 0 amide bonds. The number of ketones is 1. The summed E-state index contributed by atoms with van der Waals surface area (Å²) < 4.78 is 0. The summed E-state index contributed by atoms with van der Waals surface area (Å²) in [7, 11) is -0.540. The van der Waals surface area contributed by atoms with E-state index in [1.807, 2.05) is 20.8 Å². The molecule has 1 nitrogen and oxygen atoms in total. The van der Waals surface area contributed by atoms with E-state index in [0.717, 1.165) is 12.2 Å². The Hall–Kier alpha value is 0.0200. The summed E-state index contributed by atoms with van der Waals surface area (Å²) >= 11 is 0. The summed E-state index contributed by atoms with van der Waals surface area (Å²) in [5.74, 6) is 4.32. The van der Waals surface area contributed by atoms with Crippen LogP contribution >= 0.6 is 10.0 Å². The lowest BCUT2D eigenvalue weighted by Gasteiger charge is -2.37. The minimum Gasteiger partial charge on any atom is -0.299 e. The van der Waals surface area contributed by atoms with Crippen LogP contribution in [0.3, 0.4) is 0 Å². The topological polar surface area (TPSA) is 17.1 Å². The van der Waals surface area contributed by atoms with E-state index in [9.17, 15) is 4.79 Å². The molecular weight excluding hydrogens is 240 g/mol. The Bertz CT molecular complexity index is 232. The van der Waals surface area contributed by atoms with Gasteiger partial charge < -0.3 is 0 Å². The number of carbonyl (C=O) groups excluding carboxylic acids is 1. The predicted octanol–water partition coefficient (Wildman–Crippen LogP) is 5.03. The maximum atomic E-state index is 12.1. The lowest BCUT2D eigenvalue weighted by Crippen LogP contribution is -2.23. The summed E-state index contributed by atoms with van der Waals surface area (Å²) in [6, 6.07) is 0. The summed E-state index contributed by atoms with van der Waals surface area (Å²) in [6.07, 6.45) is 8.49. The van der Waals surface area contributed by atoms with E-state index in [-0.39, 0.29) is 5.41 Å². The highest BCUT2D eigenvalue weighted by Gasteiger charge is 2.24. The normalized spacial score (nSPS) is 13.7. The van der Waals surface area contributed by atoms with Crippen LogP contribution in [0, 0.1) is 5.41 Å². The monoisotopic (exact) mass is 274 g/mol. The molecule has 0 heterocycles. The van der Waals surface area contributed by atoms with E-state index in [2.05, 4.69) is 20.1 Å². The van der Waals surface area contributed by atoms with Crippen LogP contribution in [0.5, 0.6) is 0 Å². The first-order chi connectivity index (χ1) is 8.25. The van der Waals surface area contributed by atoms with E-state index in [1.165, 1.54) is 37.2 Å². The molecule has 0 spiro atoms. The molecule has 0 aromatic carbocycles. The Balaban J connectivity index is 4.35. The smallest absolute Gasteiger partial charge is 0.138 e. The zero-order valence-corrected chi connectivity index (χ0v) is 14.3. The van der Waals surface area contributed by atoms with Gasteiger partial charge in [0.2, 0.25) is 0 Å². The summed E-state index contributed by atoms with van der Waals surface area (Å²) in [5.41, 5.74) is -0.157. The molecule has 0 aromatic rings. The molecule has 18 heavy (non-hydrogen) atoms. The molecule has 0 aromatic heterocycles. The molecule has 0 aliphatic heterocycles. The van der Waals surface area contributed by atoms with Gasteiger partial charge in [-0.3, -0.25) is 4.79 Å². The summed E-state index contributed by atoms with van der Waals surface area (Å²) in [6.45, 7) is 10.7.